The number of likely N-dealkylation sites (tertiary alicyclic amines) is 1. The molecule has 1 atom stereocenters. The number of rotatable bonds is 6. The van der Waals surface area contributed by atoms with Crippen LogP contribution < -0.4 is 5.73 Å². The van der Waals surface area contributed by atoms with E-state index in [0.29, 0.717) is 0 Å². The summed E-state index contributed by atoms with van der Waals surface area (Å²) in [5, 5.41) is 0. The molecule has 0 aliphatic carbocycles. The predicted octanol–water partition coefficient (Wildman–Crippen LogP) is 0.235. The minimum absolute atomic E-state index is 0.251. The molecular formula is C13H27N3O. The maximum Gasteiger partial charge on any atom is 0.0569 e. The zero-order valence-electron chi connectivity index (χ0n) is 11.3. The van der Waals surface area contributed by atoms with Crippen molar-refractivity contribution in [2.24, 2.45) is 17.1 Å². The van der Waals surface area contributed by atoms with Crippen LogP contribution in [-0.4, -0.2) is 69.8 Å². The van der Waals surface area contributed by atoms with E-state index in [1.807, 2.05) is 0 Å². The molecule has 2 fully saturated rings. The van der Waals surface area contributed by atoms with Gasteiger partial charge in [-0.2, -0.15) is 0 Å². The minimum Gasteiger partial charge on any atom is -0.380 e. The molecule has 2 aliphatic rings. The molecule has 0 amide bonds. The number of ether oxygens (including phenoxy) is 1. The SMILES string of the molecule is CN1CCC(CCN(C)CC2(CN)COC2)C1. The first-order chi connectivity index (χ1) is 8.13. The maximum atomic E-state index is 5.84. The van der Waals surface area contributed by atoms with Gasteiger partial charge in [-0.15, -0.1) is 0 Å². The van der Waals surface area contributed by atoms with Gasteiger partial charge in [0.25, 0.3) is 0 Å². The molecule has 2 heterocycles. The average molecular weight is 241 g/mol. The van der Waals surface area contributed by atoms with E-state index >= 15 is 0 Å². The Balaban J connectivity index is 1.65. The van der Waals surface area contributed by atoms with Crippen molar-refractivity contribution in [1.82, 2.24) is 9.80 Å². The molecule has 0 aromatic rings. The Kier molecular flexibility index (Phi) is 4.42. The molecule has 0 bridgehead atoms. The lowest BCUT2D eigenvalue weighted by molar-refractivity contribution is -0.118. The van der Waals surface area contributed by atoms with Gasteiger partial charge in [-0.25, -0.2) is 0 Å². The Bertz CT molecular complexity index is 237. The van der Waals surface area contributed by atoms with Crippen molar-refractivity contribution in [3.63, 3.8) is 0 Å². The van der Waals surface area contributed by atoms with Gasteiger partial charge in [0.1, 0.15) is 0 Å². The highest BCUT2D eigenvalue weighted by Gasteiger charge is 2.38. The van der Waals surface area contributed by atoms with E-state index in [-0.39, 0.29) is 5.41 Å². The fraction of sp³-hybridized carbons (Fsp3) is 1.00. The number of nitrogens with zero attached hydrogens (tertiary/aromatic N) is 2. The Labute approximate surface area is 105 Å². The van der Waals surface area contributed by atoms with Crippen LogP contribution in [0.25, 0.3) is 0 Å². The summed E-state index contributed by atoms with van der Waals surface area (Å²) in [6.45, 7) is 7.28. The van der Waals surface area contributed by atoms with Crippen LogP contribution in [0.5, 0.6) is 0 Å². The Hall–Kier alpha value is -0.160. The molecule has 1 unspecified atom stereocenters. The van der Waals surface area contributed by atoms with Crippen molar-refractivity contribution in [2.75, 3.05) is 60.0 Å². The van der Waals surface area contributed by atoms with E-state index in [2.05, 4.69) is 23.9 Å². The van der Waals surface area contributed by atoms with Crippen molar-refractivity contribution < 1.29 is 4.74 Å². The molecule has 4 heteroatoms. The fourth-order valence-corrected chi connectivity index (χ4v) is 2.98. The van der Waals surface area contributed by atoms with Crippen LogP contribution >= 0.6 is 0 Å². The molecule has 17 heavy (non-hydrogen) atoms. The normalized spacial score (nSPS) is 28.6. The van der Waals surface area contributed by atoms with Crippen molar-refractivity contribution in [1.29, 1.82) is 0 Å². The lowest BCUT2D eigenvalue weighted by Gasteiger charge is -2.43. The Morgan fingerprint density at radius 2 is 2.24 bits per heavy atom. The van der Waals surface area contributed by atoms with Crippen LogP contribution in [0.2, 0.25) is 0 Å². The van der Waals surface area contributed by atoms with Crippen LogP contribution in [0, 0.1) is 11.3 Å². The molecule has 0 aromatic carbocycles. The van der Waals surface area contributed by atoms with E-state index in [1.165, 1.54) is 32.5 Å². The van der Waals surface area contributed by atoms with Crippen LogP contribution in [0.15, 0.2) is 0 Å². The van der Waals surface area contributed by atoms with E-state index in [1.54, 1.807) is 0 Å². The topological polar surface area (TPSA) is 41.7 Å². The third-order valence-electron chi connectivity index (χ3n) is 4.26. The van der Waals surface area contributed by atoms with Gasteiger partial charge in [-0.05, 0) is 45.9 Å². The van der Waals surface area contributed by atoms with Gasteiger partial charge in [0.05, 0.1) is 13.2 Å². The maximum absolute atomic E-state index is 5.84. The van der Waals surface area contributed by atoms with Crippen molar-refractivity contribution in [3.8, 4) is 0 Å². The average Bonchev–Trinajstić information content (AvgIpc) is 2.67. The molecule has 0 radical (unpaired) electrons. The second-order valence-electron chi connectivity index (χ2n) is 6.14. The van der Waals surface area contributed by atoms with Gasteiger partial charge in [-0.3, -0.25) is 0 Å². The molecule has 4 nitrogen and oxygen atoms in total. The highest BCUT2D eigenvalue weighted by Crippen LogP contribution is 2.27. The van der Waals surface area contributed by atoms with Crippen LogP contribution in [0.3, 0.4) is 0 Å². The van der Waals surface area contributed by atoms with Crippen LogP contribution in [0.1, 0.15) is 12.8 Å². The Morgan fingerprint density at radius 3 is 2.71 bits per heavy atom. The summed E-state index contributed by atoms with van der Waals surface area (Å²) in [6.07, 6.45) is 2.69. The summed E-state index contributed by atoms with van der Waals surface area (Å²) >= 11 is 0. The summed E-state index contributed by atoms with van der Waals surface area (Å²) in [5.41, 5.74) is 6.09. The molecule has 0 saturated carbocycles. The lowest BCUT2D eigenvalue weighted by atomic mass is 9.85. The van der Waals surface area contributed by atoms with E-state index in [9.17, 15) is 0 Å². The smallest absolute Gasteiger partial charge is 0.0569 e. The monoisotopic (exact) mass is 241 g/mol. The highest BCUT2D eigenvalue weighted by molar-refractivity contribution is 4.89. The molecule has 2 saturated heterocycles. The molecular weight excluding hydrogens is 214 g/mol. The summed E-state index contributed by atoms with van der Waals surface area (Å²) < 4.78 is 5.31. The van der Waals surface area contributed by atoms with Crippen LogP contribution in [0.4, 0.5) is 0 Å². The summed E-state index contributed by atoms with van der Waals surface area (Å²) in [5.74, 6) is 0.897. The zero-order chi connectivity index (χ0) is 12.3. The molecule has 0 aromatic heterocycles. The van der Waals surface area contributed by atoms with Gasteiger partial charge in [0, 0.05) is 25.0 Å². The molecule has 100 valence electrons. The van der Waals surface area contributed by atoms with Gasteiger partial charge >= 0.3 is 0 Å². The van der Waals surface area contributed by atoms with E-state index in [4.69, 9.17) is 10.5 Å². The first-order valence-corrected chi connectivity index (χ1v) is 6.78. The number of hydrogen-bond donors (Lipinski definition) is 1. The summed E-state index contributed by atoms with van der Waals surface area (Å²) in [4.78, 5) is 4.87. The third kappa shape index (κ3) is 3.41. The van der Waals surface area contributed by atoms with Gasteiger partial charge in [0.2, 0.25) is 0 Å². The minimum atomic E-state index is 0.251. The first kappa shape index (κ1) is 13.3. The lowest BCUT2D eigenvalue weighted by Crippen LogP contribution is -2.54. The quantitative estimate of drug-likeness (QED) is 0.723. The standard InChI is InChI=1S/C13H27N3O/c1-15-5-3-12(7-15)4-6-16(2)9-13(8-14)10-17-11-13/h12H,3-11,14H2,1-2H3. The summed E-state index contributed by atoms with van der Waals surface area (Å²) in [6, 6.07) is 0. The Morgan fingerprint density at radius 1 is 1.47 bits per heavy atom. The predicted molar refractivity (Wildman–Crippen MR) is 70.0 cm³/mol. The fourth-order valence-electron chi connectivity index (χ4n) is 2.98. The van der Waals surface area contributed by atoms with Crippen LogP contribution in [-0.2, 0) is 4.74 Å². The largest absolute Gasteiger partial charge is 0.380 e. The second-order valence-corrected chi connectivity index (χ2v) is 6.14. The second kappa shape index (κ2) is 5.65. The van der Waals surface area contributed by atoms with E-state index in [0.717, 1.165) is 32.2 Å². The number of hydrogen-bond acceptors (Lipinski definition) is 4. The third-order valence-corrected chi connectivity index (χ3v) is 4.26. The highest BCUT2D eigenvalue weighted by atomic mass is 16.5. The van der Waals surface area contributed by atoms with Gasteiger partial charge < -0.3 is 20.3 Å². The van der Waals surface area contributed by atoms with Crippen molar-refractivity contribution in [2.45, 2.75) is 12.8 Å². The van der Waals surface area contributed by atoms with Crippen molar-refractivity contribution in [3.05, 3.63) is 0 Å². The van der Waals surface area contributed by atoms with E-state index < -0.39 is 0 Å². The zero-order valence-corrected chi connectivity index (χ0v) is 11.3. The number of nitrogens with two attached hydrogens (primary N) is 1. The molecule has 2 N–H and O–H groups in total. The van der Waals surface area contributed by atoms with Gasteiger partial charge in [-0.1, -0.05) is 0 Å². The van der Waals surface area contributed by atoms with Gasteiger partial charge in [0.15, 0.2) is 0 Å². The molecule has 2 rings (SSSR count). The first-order valence-electron chi connectivity index (χ1n) is 6.78. The van der Waals surface area contributed by atoms with Crippen molar-refractivity contribution >= 4 is 0 Å². The molecule has 0 spiro atoms. The summed E-state index contributed by atoms with van der Waals surface area (Å²) in [7, 11) is 4.44. The molecule has 2 aliphatic heterocycles.